The van der Waals surface area contributed by atoms with Crippen LogP contribution < -0.4 is 25.8 Å². The molecule has 0 spiro atoms. The van der Waals surface area contributed by atoms with Crippen molar-refractivity contribution in [3.8, 4) is 10.4 Å². The molecule has 0 radical (unpaired) electrons. The number of piperazine rings is 1. The lowest BCUT2D eigenvalue weighted by molar-refractivity contribution is -0.142. The topological polar surface area (TPSA) is 159 Å². The van der Waals surface area contributed by atoms with Gasteiger partial charge in [-0.15, -0.1) is 11.3 Å². The number of aryl methyl sites for hydroxylation is 3. The van der Waals surface area contributed by atoms with E-state index in [2.05, 4.69) is 90.6 Å². The molecule has 4 heterocycles. The van der Waals surface area contributed by atoms with Crippen molar-refractivity contribution < 1.29 is 19.5 Å². The number of thiazole rings is 1. The van der Waals surface area contributed by atoms with Crippen LogP contribution in [-0.4, -0.2) is 106 Å². The number of urea groups is 1. The molecule has 15 heteroatoms. The van der Waals surface area contributed by atoms with Gasteiger partial charge < -0.3 is 30.9 Å². The van der Waals surface area contributed by atoms with Crippen molar-refractivity contribution in [2.75, 3.05) is 66.7 Å². The fourth-order valence-corrected chi connectivity index (χ4v) is 9.64. The summed E-state index contributed by atoms with van der Waals surface area (Å²) >= 11 is 1.63. The number of hydrogen-bond donors (Lipinski definition) is 4. The van der Waals surface area contributed by atoms with E-state index in [0.29, 0.717) is 36.8 Å². The quantitative estimate of drug-likeness (QED) is 0.0798. The number of nitrogens with one attached hydrogen (secondary N) is 3. The molecule has 0 unspecified atom stereocenters. The number of nitrogens with zero attached hydrogens (tertiary/aromatic N) is 7. The first-order valence-corrected chi connectivity index (χ1v) is 23.6. The first-order chi connectivity index (χ1) is 31.4. The van der Waals surface area contributed by atoms with Gasteiger partial charge in [0.15, 0.2) is 0 Å². The van der Waals surface area contributed by atoms with Crippen molar-refractivity contribution >= 4 is 57.8 Å². The third-order valence-corrected chi connectivity index (χ3v) is 13.8. The second-order valence-electron chi connectivity index (χ2n) is 18.8. The van der Waals surface area contributed by atoms with Gasteiger partial charge in [0.25, 0.3) is 0 Å². The highest BCUT2D eigenvalue weighted by Gasteiger charge is 2.43. The van der Waals surface area contributed by atoms with Crippen molar-refractivity contribution in [2.24, 2.45) is 11.3 Å². The summed E-state index contributed by atoms with van der Waals surface area (Å²) in [6.45, 7) is 21.8. The van der Waals surface area contributed by atoms with E-state index in [9.17, 15) is 19.5 Å². The number of ketones is 1. The maximum absolute atomic E-state index is 14.4. The Hall–Kier alpha value is -6.16. The Morgan fingerprint density at radius 2 is 1.62 bits per heavy atom. The number of Topliss-reactive ketones (excluding diaryl/α,β-unsaturated/α-hetero) is 1. The molecule has 2 aromatic heterocycles. The highest BCUT2D eigenvalue weighted by atomic mass is 32.1. The number of rotatable bonds is 15. The van der Waals surface area contributed by atoms with Crippen LogP contribution in [0.1, 0.15) is 69.0 Å². The van der Waals surface area contributed by atoms with Gasteiger partial charge in [0.2, 0.25) is 5.91 Å². The molecule has 66 heavy (non-hydrogen) atoms. The van der Waals surface area contributed by atoms with Crippen molar-refractivity contribution in [1.82, 2.24) is 30.1 Å². The number of likely N-dealkylation sites (tertiary alicyclic amines) is 1. The molecular weight excluding hydrogens is 849 g/mol. The fraction of sp³-hybridized carbons (Fsp3) is 0.412. The lowest BCUT2D eigenvalue weighted by Crippen LogP contribution is -2.49. The van der Waals surface area contributed by atoms with Gasteiger partial charge in [0, 0.05) is 93.4 Å². The highest BCUT2D eigenvalue weighted by Crippen LogP contribution is 2.36. The van der Waals surface area contributed by atoms with Crippen molar-refractivity contribution in [2.45, 2.75) is 79.5 Å². The largest absolute Gasteiger partial charge is 0.391 e. The predicted molar refractivity (Wildman–Crippen MR) is 265 cm³/mol. The molecule has 0 saturated carbocycles. The maximum atomic E-state index is 14.4. The number of benzene rings is 3. The number of amides is 3. The van der Waals surface area contributed by atoms with Gasteiger partial charge in [-0.2, -0.15) is 0 Å². The van der Waals surface area contributed by atoms with E-state index in [-0.39, 0.29) is 43.3 Å². The van der Waals surface area contributed by atoms with Crippen molar-refractivity contribution in [3.63, 3.8) is 0 Å². The summed E-state index contributed by atoms with van der Waals surface area (Å²) < 4.78 is 0. The number of anilines is 5. The number of hydrogen-bond acceptors (Lipinski definition) is 12. The molecule has 3 aromatic carbocycles. The van der Waals surface area contributed by atoms with E-state index < -0.39 is 23.5 Å². The summed E-state index contributed by atoms with van der Waals surface area (Å²) in [5, 5.41) is 20.7. The second kappa shape index (κ2) is 20.6. The van der Waals surface area contributed by atoms with Crippen molar-refractivity contribution in [1.29, 1.82) is 0 Å². The Kier molecular flexibility index (Phi) is 14.9. The van der Waals surface area contributed by atoms with Crippen LogP contribution in [0.25, 0.3) is 10.4 Å². The van der Waals surface area contributed by atoms with E-state index in [1.165, 1.54) is 11.2 Å². The SMILES string of the molecule is C=C(N[C@@H](C)c1ccc(-c2scnc2C)cc1)[C@@H]1C[C@@H](O)CN1C(=O)[C@@H](CC(=O)CN1CCN(c2ccc(Nc3cc(N(C)C(=O)Nc4c(C)cccc4C)ncn3)cc2)CC1)C(C)(C)C. The Balaban J connectivity index is 0.891. The van der Waals surface area contributed by atoms with E-state index in [4.69, 9.17) is 0 Å². The molecule has 2 fully saturated rings. The molecular formula is C51H64N10O4S. The minimum atomic E-state index is -0.677. The number of aliphatic hydroxyl groups is 1. The molecule has 2 saturated heterocycles. The molecule has 14 nitrogen and oxygen atoms in total. The number of β-amino-alcohol motifs (C(OH)–C–C–N with tert-alkyl or cyclic N) is 1. The number of aromatic nitrogens is 3. The third kappa shape index (κ3) is 11.4. The summed E-state index contributed by atoms with van der Waals surface area (Å²) in [5.74, 6) is 0.364. The van der Waals surface area contributed by atoms with E-state index >= 15 is 0 Å². The fourth-order valence-electron chi connectivity index (χ4n) is 8.83. The molecule has 4 N–H and O–H groups in total. The monoisotopic (exact) mass is 912 g/mol. The molecule has 7 rings (SSSR count). The lowest BCUT2D eigenvalue weighted by atomic mass is 9.76. The van der Waals surface area contributed by atoms with Gasteiger partial charge in [-0.3, -0.25) is 19.4 Å². The normalized spacial score (nSPS) is 17.5. The van der Waals surface area contributed by atoms with Crippen LogP contribution in [-0.2, 0) is 9.59 Å². The van der Waals surface area contributed by atoms with Gasteiger partial charge in [0.05, 0.1) is 34.8 Å². The van der Waals surface area contributed by atoms with Crippen LogP contribution in [0, 0.1) is 32.1 Å². The molecule has 5 aromatic rings. The third-order valence-electron chi connectivity index (χ3n) is 12.9. The van der Waals surface area contributed by atoms with E-state index in [1.807, 2.05) is 77.4 Å². The molecule has 3 amide bonds. The molecule has 2 aliphatic heterocycles. The zero-order valence-electron chi connectivity index (χ0n) is 39.5. The minimum absolute atomic E-state index is 0.0343. The van der Waals surface area contributed by atoms with Gasteiger partial charge in [0.1, 0.15) is 23.7 Å². The van der Waals surface area contributed by atoms with Crippen LogP contribution in [0.3, 0.4) is 0 Å². The average molecular weight is 913 g/mol. The lowest BCUT2D eigenvalue weighted by Gasteiger charge is -2.37. The Morgan fingerprint density at radius 3 is 2.26 bits per heavy atom. The van der Waals surface area contributed by atoms with Crippen molar-refractivity contribution in [3.05, 3.63) is 119 Å². The first kappa shape index (κ1) is 47.8. The van der Waals surface area contributed by atoms with Crippen LogP contribution in [0.15, 0.2) is 96.9 Å². The molecule has 2 aliphatic rings. The zero-order chi connectivity index (χ0) is 47.3. The number of carbonyl (C=O) groups is 3. The van der Waals surface area contributed by atoms with Gasteiger partial charge in [-0.1, -0.05) is 69.8 Å². The molecule has 4 atom stereocenters. The highest BCUT2D eigenvalue weighted by molar-refractivity contribution is 7.13. The standard InChI is InChI=1S/C51H64N10O4S/c1-32-11-10-12-33(2)47(32)57-50(65)58(9)46-27-45(52-30-53-46)56-39-17-19-40(20-18-39)60-23-21-59(22-24-60)28-41(62)25-43(51(6,7)8)49(64)61-29-42(63)26-44(61)35(4)55-34(3)37-13-15-38(16-14-37)48-36(5)54-31-66-48/h10-20,27,30-31,34,42-44,55,63H,4,21-26,28-29H2,1-3,5-9H3,(H,57,65)(H,52,53,56)/t34-,42+,43+,44-/m0/s1. The first-order valence-electron chi connectivity index (χ1n) is 22.7. The molecule has 0 aliphatic carbocycles. The Bertz CT molecular complexity index is 2490. The van der Waals surface area contributed by atoms with Crippen LogP contribution in [0.5, 0.6) is 0 Å². The summed E-state index contributed by atoms with van der Waals surface area (Å²) in [7, 11) is 1.67. The van der Waals surface area contributed by atoms with E-state index in [1.54, 1.807) is 29.4 Å². The second-order valence-corrected chi connectivity index (χ2v) is 19.6. The van der Waals surface area contributed by atoms with Crippen LogP contribution in [0.2, 0.25) is 0 Å². The molecule has 0 bridgehead atoms. The van der Waals surface area contributed by atoms with Crippen LogP contribution >= 0.6 is 11.3 Å². The summed E-state index contributed by atoms with van der Waals surface area (Å²) in [5.41, 5.74) is 9.94. The number of carbonyl (C=O) groups excluding carboxylic acids is 3. The number of para-hydroxylation sites is 1. The van der Waals surface area contributed by atoms with Gasteiger partial charge in [-0.25, -0.2) is 19.7 Å². The Labute approximate surface area is 393 Å². The minimum Gasteiger partial charge on any atom is -0.391 e. The zero-order valence-corrected chi connectivity index (χ0v) is 40.3. The van der Waals surface area contributed by atoms with Crippen LogP contribution in [0.4, 0.5) is 33.5 Å². The number of aliphatic hydroxyl groups excluding tert-OH is 1. The average Bonchev–Trinajstić information content (AvgIpc) is 3.91. The van der Waals surface area contributed by atoms with Gasteiger partial charge in [-0.05, 0) is 79.6 Å². The smallest absolute Gasteiger partial charge is 0.327 e. The summed E-state index contributed by atoms with van der Waals surface area (Å²) in [6.07, 6.45) is 1.27. The Morgan fingerprint density at radius 1 is 0.939 bits per heavy atom. The molecule has 348 valence electrons. The predicted octanol–water partition coefficient (Wildman–Crippen LogP) is 8.51. The maximum Gasteiger partial charge on any atom is 0.327 e. The van der Waals surface area contributed by atoms with Gasteiger partial charge >= 0.3 is 6.03 Å². The summed E-state index contributed by atoms with van der Waals surface area (Å²) in [4.78, 5) is 63.2. The van der Waals surface area contributed by atoms with E-state index in [0.717, 1.165) is 63.0 Å². The summed E-state index contributed by atoms with van der Waals surface area (Å²) in [6, 6.07) is 23.4.